The van der Waals surface area contributed by atoms with Gasteiger partial charge in [-0.25, -0.2) is 0 Å². The van der Waals surface area contributed by atoms with Crippen LogP contribution in [-0.4, -0.2) is 48.1 Å². The van der Waals surface area contributed by atoms with Crippen molar-refractivity contribution in [2.45, 2.75) is 51.6 Å². The predicted molar refractivity (Wildman–Crippen MR) is 131 cm³/mol. The summed E-state index contributed by atoms with van der Waals surface area (Å²) in [5.74, 6) is 4.36. The molecule has 34 heavy (non-hydrogen) atoms. The molecule has 3 aromatic heterocycles. The number of tetrazole rings is 1. The summed E-state index contributed by atoms with van der Waals surface area (Å²) in [6, 6.07) is 10.1. The molecular formula is C24H30N8OS. The highest BCUT2D eigenvalue weighted by Gasteiger charge is 2.27. The molecule has 1 aromatic carbocycles. The van der Waals surface area contributed by atoms with Crippen LogP contribution in [0.3, 0.4) is 0 Å². The summed E-state index contributed by atoms with van der Waals surface area (Å²) in [6.45, 7) is 11.3. The summed E-state index contributed by atoms with van der Waals surface area (Å²) in [7, 11) is 0. The molecule has 1 aliphatic rings. The van der Waals surface area contributed by atoms with Crippen LogP contribution < -0.4 is 4.90 Å². The number of thioether (sulfide) groups is 1. The predicted octanol–water partition coefficient (Wildman–Crippen LogP) is 4.29. The number of benzene rings is 1. The van der Waals surface area contributed by atoms with Crippen molar-refractivity contribution in [2.24, 2.45) is 11.8 Å². The van der Waals surface area contributed by atoms with E-state index in [2.05, 4.69) is 75.0 Å². The third kappa shape index (κ3) is 4.59. The average Bonchev–Trinajstić information content (AvgIpc) is 3.54. The second kappa shape index (κ2) is 9.61. The Bertz CT molecular complexity index is 1220. The lowest BCUT2D eigenvalue weighted by molar-refractivity contribution is 0.350. The topological polar surface area (TPSA) is 90.7 Å². The van der Waals surface area contributed by atoms with E-state index in [1.54, 1.807) is 18.0 Å². The quantitative estimate of drug-likeness (QED) is 0.364. The van der Waals surface area contributed by atoms with Gasteiger partial charge in [-0.2, -0.15) is 4.68 Å². The molecule has 0 aliphatic carbocycles. The Labute approximate surface area is 203 Å². The van der Waals surface area contributed by atoms with E-state index in [-0.39, 0.29) is 0 Å². The normalized spacial score (nSPS) is 18.5. The van der Waals surface area contributed by atoms with Crippen molar-refractivity contribution in [3.05, 3.63) is 59.3 Å². The van der Waals surface area contributed by atoms with Crippen LogP contribution in [-0.2, 0) is 12.3 Å². The first-order chi connectivity index (χ1) is 16.5. The summed E-state index contributed by atoms with van der Waals surface area (Å²) < 4.78 is 9.65. The lowest BCUT2D eigenvalue weighted by Gasteiger charge is -2.35. The van der Waals surface area contributed by atoms with Gasteiger partial charge >= 0.3 is 0 Å². The molecule has 5 rings (SSSR count). The summed E-state index contributed by atoms with van der Waals surface area (Å²) in [6.07, 6.45) is 2.95. The molecule has 0 spiro atoms. The first-order valence-corrected chi connectivity index (χ1v) is 12.6. The van der Waals surface area contributed by atoms with Gasteiger partial charge in [-0.3, -0.25) is 4.57 Å². The van der Waals surface area contributed by atoms with Crippen LogP contribution in [0.25, 0.3) is 5.69 Å². The van der Waals surface area contributed by atoms with E-state index < -0.39 is 0 Å². The third-order valence-corrected chi connectivity index (χ3v) is 7.22. The Hall–Kier alpha value is -3.14. The number of rotatable bonds is 7. The van der Waals surface area contributed by atoms with Gasteiger partial charge in [0.2, 0.25) is 5.95 Å². The van der Waals surface area contributed by atoms with Gasteiger partial charge in [-0.1, -0.05) is 43.8 Å². The van der Waals surface area contributed by atoms with E-state index in [1.807, 2.05) is 22.9 Å². The Balaban J connectivity index is 1.43. The van der Waals surface area contributed by atoms with Gasteiger partial charge in [0, 0.05) is 13.1 Å². The molecule has 0 saturated carbocycles. The molecule has 1 saturated heterocycles. The minimum Gasteiger partial charge on any atom is -0.467 e. The Morgan fingerprint density at radius 3 is 2.47 bits per heavy atom. The smallest absolute Gasteiger partial charge is 0.228 e. The maximum atomic E-state index is 5.66. The van der Waals surface area contributed by atoms with Gasteiger partial charge in [0.15, 0.2) is 11.0 Å². The SMILES string of the molecule is Cc1cccc(C)c1-n1nnnc1CSc1nnc(N2CC(C)CC(C)C2)n1Cc1ccco1. The highest BCUT2D eigenvalue weighted by atomic mass is 32.2. The number of nitrogens with zero attached hydrogens (tertiary/aromatic N) is 8. The Kier molecular flexibility index (Phi) is 6.40. The molecule has 10 heteroatoms. The zero-order valence-corrected chi connectivity index (χ0v) is 20.9. The van der Waals surface area contributed by atoms with Crippen LogP contribution in [0.5, 0.6) is 0 Å². The third-order valence-electron chi connectivity index (χ3n) is 6.26. The zero-order valence-electron chi connectivity index (χ0n) is 20.0. The highest BCUT2D eigenvalue weighted by molar-refractivity contribution is 7.98. The molecular weight excluding hydrogens is 448 g/mol. The van der Waals surface area contributed by atoms with Crippen molar-refractivity contribution in [1.29, 1.82) is 0 Å². The van der Waals surface area contributed by atoms with Crippen molar-refractivity contribution < 1.29 is 4.42 Å². The molecule has 4 aromatic rings. The van der Waals surface area contributed by atoms with Crippen molar-refractivity contribution in [1.82, 2.24) is 35.0 Å². The van der Waals surface area contributed by atoms with Crippen LogP contribution in [0.2, 0.25) is 0 Å². The number of hydrogen-bond acceptors (Lipinski definition) is 8. The van der Waals surface area contributed by atoms with Gasteiger partial charge in [0.05, 0.1) is 24.2 Å². The summed E-state index contributed by atoms with van der Waals surface area (Å²) in [4.78, 5) is 2.36. The van der Waals surface area contributed by atoms with Crippen molar-refractivity contribution >= 4 is 17.7 Å². The molecule has 0 radical (unpaired) electrons. The first kappa shape index (κ1) is 22.6. The number of hydrogen-bond donors (Lipinski definition) is 0. The van der Waals surface area contributed by atoms with Gasteiger partial charge < -0.3 is 9.32 Å². The van der Waals surface area contributed by atoms with E-state index in [4.69, 9.17) is 4.42 Å². The maximum Gasteiger partial charge on any atom is 0.228 e. The monoisotopic (exact) mass is 478 g/mol. The molecule has 178 valence electrons. The average molecular weight is 479 g/mol. The number of piperidine rings is 1. The van der Waals surface area contributed by atoms with E-state index in [1.165, 1.54) is 6.42 Å². The second-order valence-electron chi connectivity index (χ2n) is 9.34. The molecule has 1 aliphatic heterocycles. The van der Waals surface area contributed by atoms with Crippen LogP contribution >= 0.6 is 11.8 Å². The first-order valence-electron chi connectivity index (χ1n) is 11.7. The molecule has 0 N–H and O–H groups in total. The number of para-hydroxylation sites is 1. The minimum absolute atomic E-state index is 0.573. The second-order valence-corrected chi connectivity index (χ2v) is 10.3. The van der Waals surface area contributed by atoms with Crippen LogP contribution in [0.15, 0.2) is 46.2 Å². The summed E-state index contributed by atoms with van der Waals surface area (Å²) in [5.41, 5.74) is 3.29. The van der Waals surface area contributed by atoms with E-state index in [9.17, 15) is 0 Å². The van der Waals surface area contributed by atoms with Crippen molar-refractivity contribution in [2.75, 3.05) is 18.0 Å². The molecule has 1 fully saturated rings. The van der Waals surface area contributed by atoms with E-state index in [0.717, 1.165) is 52.6 Å². The lowest BCUT2D eigenvalue weighted by atomic mass is 9.92. The largest absolute Gasteiger partial charge is 0.467 e. The summed E-state index contributed by atoms with van der Waals surface area (Å²) >= 11 is 1.59. The highest BCUT2D eigenvalue weighted by Crippen LogP contribution is 2.30. The van der Waals surface area contributed by atoms with Crippen molar-refractivity contribution in [3.8, 4) is 5.69 Å². The lowest BCUT2D eigenvalue weighted by Crippen LogP contribution is -2.40. The Morgan fingerprint density at radius 1 is 1.00 bits per heavy atom. The fourth-order valence-corrected chi connectivity index (χ4v) is 5.72. The van der Waals surface area contributed by atoms with Gasteiger partial charge in [-0.15, -0.1) is 15.3 Å². The van der Waals surface area contributed by atoms with E-state index >= 15 is 0 Å². The van der Waals surface area contributed by atoms with Crippen LogP contribution in [0, 0.1) is 25.7 Å². The van der Waals surface area contributed by atoms with Crippen molar-refractivity contribution in [3.63, 3.8) is 0 Å². The molecule has 0 bridgehead atoms. The number of aromatic nitrogens is 7. The minimum atomic E-state index is 0.573. The Morgan fingerprint density at radius 2 is 1.76 bits per heavy atom. The molecule has 2 unspecified atom stereocenters. The fourth-order valence-electron chi connectivity index (χ4n) is 4.88. The molecule has 9 nitrogen and oxygen atoms in total. The van der Waals surface area contributed by atoms with Gasteiger partial charge in [-0.05, 0) is 65.8 Å². The zero-order chi connectivity index (χ0) is 23.7. The van der Waals surface area contributed by atoms with Gasteiger partial charge in [0.25, 0.3) is 0 Å². The molecule has 2 atom stereocenters. The number of anilines is 1. The van der Waals surface area contributed by atoms with Crippen LogP contribution in [0.1, 0.15) is 43.0 Å². The number of furan rings is 1. The maximum absolute atomic E-state index is 5.66. The number of aryl methyl sites for hydroxylation is 2. The molecule has 4 heterocycles. The fraction of sp³-hybridized carbons (Fsp3) is 0.458. The van der Waals surface area contributed by atoms with Crippen LogP contribution in [0.4, 0.5) is 5.95 Å². The summed E-state index contributed by atoms with van der Waals surface area (Å²) in [5, 5.41) is 22.6. The van der Waals surface area contributed by atoms with Gasteiger partial charge in [0.1, 0.15) is 5.76 Å². The standard InChI is InChI=1S/C24H30N8OS/c1-16-11-17(2)13-30(12-16)23-26-27-24(31(23)14-20-9-6-10-33-20)34-15-21-25-28-29-32(21)22-18(3)7-5-8-19(22)4/h5-10,16-17H,11-15H2,1-4H3. The van der Waals surface area contributed by atoms with E-state index in [0.29, 0.717) is 24.1 Å². The molecule has 0 amide bonds.